The molecule has 0 bridgehead atoms. The van der Waals surface area contributed by atoms with Crippen LogP contribution in [0.2, 0.25) is 0 Å². The van der Waals surface area contributed by atoms with Gasteiger partial charge in [0.2, 0.25) is 0 Å². The summed E-state index contributed by atoms with van der Waals surface area (Å²) in [5.74, 6) is -0.102. The van der Waals surface area contributed by atoms with E-state index in [1.165, 1.54) is 0 Å². The molecule has 0 amide bonds. The number of carboxylic acid groups (broad SMARTS) is 1. The predicted molar refractivity (Wildman–Crippen MR) is 72.4 cm³/mol. The van der Waals surface area contributed by atoms with Crippen LogP contribution in [-0.4, -0.2) is 32.3 Å². The van der Waals surface area contributed by atoms with Gasteiger partial charge in [0, 0.05) is 13.2 Å². The van der Waals surface area contributed by atoms with Crippen LogP contribution < -0.4 is 0 Å². The number of aliphatic hydroxyl groups is 1. The van der Waals surface area contributed by atoms with Gasteiger partial charge in [0.05, 0.1) is 16.6 Å². The Morgan fingerprint density at radius 2 is 2.11 bits per heavy atom. The SMILES string of the molecule is Cc1nc2cccc(C(=O)O)c2n1CCCCCO. The summed E-state index contributed by atoms with van der Waals surface area (Å²) in [5, 5.41) is 18.0. The summed E-state index contributed by atoms with van der Waals surface area (Å²) in [6.45, 7) is 2.81. The lowest BCUT2D eigenvalue weighted by atomic mass is 10.1. The van der Waals surface area contributed by atoms with E-state index in [0.29, 0.717) is 11.1 Å². The number of aryl methyl sites for hydroxylation is 2. The van der Waals surface area contributed by atoms with Crippen molar-refractivity contribution in [3.63, 3.8) is 0 Å². The quantitative estimate of drug-likeness (QED) is 0.783. The maximum atomic E-state index is 11.3. The van der Waals surface area contributed by atoms with Gasteiger partial charge in [-0.05, 0) is 38.3 Å². The highest BCUT2D eigenvalue weighted by Crippen LogP contribution is 2.21. The van der Waals surface area contributed by atoms with E-state index in [1.54, 1.807) is 12.1 Å². The summed E-state index contributed by atoms with van der Waals surface area (Å²) < 4.78 is 1.95. The molecule has 0 unspecified atom stereocenters. The number of carboxylic acids is 1. The van der Waals surface area contributed by atoms with Gasteiger partial charge in [-0.2, -0.15) is 0 Å². The number of para-hydroxylation sites is 1. The molecule has 19 heavy (non-hydrogen) atoms. The van der Waals surface area contributed by atoms with Crippen molar-refractivity contribution >= 4 is 17.0 Å². The van der Waals surface area contributed by atoms with Gasteiger partial charge in [-0.25, -0.2) is 9.78 Å². The first-order valence-electron chi connectivity index (χ1n) is 6.45. The number of hydrogen-bond acceptors (Lipinski definition) is 3. The van der Waals surface area contributed by atoms with Crippen molar-refractivity contribution in [3.05, 3.63) is 29.6 Å². The zero-order chi connectivity index (χ0) is 13.8. The van der Waals surface area contributed by atoms with E-state index in [1.807, 2.05) is 17.6 Å². The molecule has 2 N–H and O–H groups in total. The standard InChI is InChI=1S/C14H18N2O3/c1-10-15-12-7-5-6-11(14(18)19)13(12)16(10)8-3-2-4-9-17/h5-7,17H,2-4,8-9H2,1H3,(H,18,19). The second-order valence-electron chi connectivity index (χ2n) is 4.57. The van der Waals surface area contributed by atoms with Crippen LogP contribution in [0.1, 0.15) is 35.4 Å². The number of benzene rings is 1. The fourth-order valence-corrected chi connectivity index (χ4v) is 2.31. The third kappa shape index (κ3) is 2.76. The van der Waals surface area contributed by atoms with Crippen LogP contribution in [0.3, 0.4) is 0 Å². The van der Waals surface area contributed by atoms with Crippen molar-refractivity contribution in [3.8, 4) is 0 Å². The third-order valence-electron chi connectivity index (χ3n) is 3.23. The predicted octanol–water partition coefficient (Wildman–Crippen LogP) is 2.21. The van der Waals surface area contributed by atoms with Gasteiger partial charge in [-0.15, -0.1) is 0 Å². The number of rotatable bonds is 6. The molecule has 1 aromatic heterocycles. The Labute approximate surface area is 111 Å². The Morgan fingerprint density at radius 1 is 1.32 bits per heavy atom. The number of carbonyl (C=O) groups is 1. The number of fused-ring (bicyclic) bond motifs is 1. The van der Waals surface area contributed by atoms with Crippen molar-refractivity contribution < 1.29 is 15.0 Å². The molecule has 5 nitrogen and oxygen atoms in total. The van der Waals surface area contributed by atoms with Crippen molar-refractivity contribution in [1.82, 2.24) is 9.55 Å². The molecule has 1 heterocycles. The largest absolute Gasteiger partial charge is 0.478 e. The molecule has 0 fully saturated rings. The third-order valence-corrected chi connectivity index (χ3v) is 3.23. The number of unbranched alkanes of at least 4 members (excludes halogenated alkanes) is 2. The van der Waals surface area contributed by atoms with E-state index in [2.05, 4.69) is 4.98 Å². The average molecular weight is 262 g/mol. The first-order valence-corrected chi connectivity index (χ1v) is 6.45. The fourth-order valence-electron chi connectivity index (χ4n) is 2.31. The Hall–Kier alpha value is -1.88. The van der Waals surface area contributed by atoms with Gasteiger partial charge < -0.3 is 14.8 Å². The summed E-state index contributed by atoms with van der Waals surface area (Å²) >= 11 is 0. The fraction of sp³-hybridized carbons (Fsp3) is 0.429. The van der Waals surface area contributed by atoms with E-state index >= 15 is 0 Å². The van der Waals surface area contributed by atoms with E-state index < -0.39 is 5.97 Å². The summed E-state index contributed by atoms with van der Waals surface area (Å²) in [6, 6.07) is 5.16. The lowest BCUT2D eigenvalue weighted by Crippen LogP contribution is -2.05. The molecule has 2 aromatic rings. The van der Waals surface area contributed by atoms with Crippen LogP contribution in [0.5, 0.6) is 0 Å². The van der Waals surface area contributed by atoms with E-state index in [-0.39, 0.29) is 6.61 Å². The maximum absolute atomic E-state index is 11.3. The zero-order valence-electron chi connectivity index (χ0n) is 11.0. The highest BCUT2D eigenvalue weighted by atomic mass is 16.4. The molecule has 0 aliphatic rings. The van der Waals surface area contributed by atoms with Crippen LogP contribution in [-0.2, 0) is 6.54 Å². The molecular weight excluding hydrogens is 244 g/mol. The highest BCUT2D eigenvalue weighted by molar-refractivity contribution is 6.01. The lowest BCUT2D eigenvalue weighted by molar-refractivity contribution is 0.0698. The van der Waals surface area contributed by atoms with Crippen molar-refractivity contribution in [2.45, 2.75) is 32.7 Å². The highest BCUT2D eigenvalue weighted by Gasteiger charge is 2.15. The number of nitrogens with zero attached hydrogens (tertiary/aromatic N) is 2. The first-order chi connectivity index (χ1) is 9.15. The van der Waals surface area contributed by atoms with Crippen LogP contribution in [0.25, 0.3) is 11.0 Å². The van der Waals surface area contributed by atoms with Crippen molar-refractivity contribution in [1.29, 1.82) is 0 Å². The number of aromatic nitrogens is 2. The average Bonchev–Trinajstić information content (AvgIpc) is 2.70. The molecule has 1 aromatic carbocycles. The van der Waals surface area contributed by atoms with Crippen molar-refractivity contribution in [2.75, 3.05) is 6.61 Å². The monoisotopic (exact) mass is 262 g/mol. The molecule has 0 saturated carbocycles. The zero-order valence-corrected chi connectivity index (χ0v) is 11.0. The molecular formula is C14H18N2O3. The van der Waals surface area contributed by atoms with Crippen LogP contribution in [0.4, 0.5) is 0 Å². The number of aromatic carboxylic acids is 1. The van der Waals surface area contributed by atoms with Crippen molar-refractivity contribution in [2.24, 2.45) is 0 Å². The van der Waals surface area contributed by atoms with Gasteiger partial charge in [0.1, 0.15) is 5.82 Å². The molecule has 5 heteroatoms. The second-order valence-corrected chi connectivity index (χ2v) is 4.57. The van der Waals surface area contributed by atoms with Gasteiger partial charge >= 0.3 is 5.97 Å². The van der Waals surface area contributed by atoms with Crippen LogP contribution >= 0.6 is 0 Å². The molecule has 0 radical (unpaired) electrons. The topological polar surface area (TPSA) is 75.3 Å². The van der Waals surface area contributed by atoms with E-state index in [9.17, 15) is 9.90 Å². The van der Waals surface area contributed by atoms with Gasteiger partial charge in [0.15, 0.2) is 0 Å². The Bertz CT molecular complexity index is 590. The minimum atomic E-state index is -0.929. The lowest BCUT2D eigenvalue weighted by Gasteiger charge is -2.08. The summed E-state index contributed by atoms with van der Waals surface area (Å²) in [6.07, 6.45) is 2.60. The normalized spacial score (nSPS) is 11.1. The maximum Gasteiger partial charge on any atom is 0.337 e. The molecule has 0 aliphatic carbocycles. The second kappa shape index (κ2) is 5.84. The molecule has 102 valence electrons. The number of aliphatic hydroxyl groups excluding tert-OH is 1. The number of hydrogen-bond donors (Lipinski definition) is 2. The molecule has 0 aliphatic heterocycles. The molecule has 0 atom stereocenters. The van der Waals surface area contributed by atoms with Crippen LogP contribution in [0.15, 0.2) is 18.2 Å². The number of imidazole rings is 1. The van der Waals surface area contributed by atoms with Gasteiger partial charge in [-0.3, -0.25) is 0 Å². The van der Waals surface area contributed by atoms with E-state index in [4.69, 9.17) is 5.11 Å². The molecule has 2 rings (SSSR count). The van der Waals surface area contributed by atoms with Crippen LogP contribution in [0, 0.1) is 6.92 Å². The molecule has 0 spiro atoms. The Morgan fingerprint density at radius 3 is 2.79 bits per heavy atom. The van der Waals surface area contributed by atoms with Gasteiger partial charge in [0.25, 0.3) is 0 Å². The Balaban J connectivity index is 2.36. The Kier molecular flexibility index (Phi) is 4.16. The smallest absolute Gasteiger partial charge is 0.337 e. The molecule has 0 saturated heterocycles. The summed E-state index contributed by atoms with van der Waals surface area (Å²) in [7, 11) is 0. The van der Waals surface area contributed by atoms with E-state index in [0.717, 1.165) is 37.1 Å². The van der Waals surface area contributed by atoms with Gasteiger partial charge in [-0.1, -0.05) is 6.07 Å². The minimum absolute atomic E-state index is 0.198. The minimum Gasteiger partial charge on any atom is -0.478 e. The summed E-state index contributed by atoms with van der Waals surface area (Å²) in [5.41, 5.74) is 1.70. The first kappa shape index (κ1) is 13.5. The summed E-state index contributed by atoms with van der Waals surface area (Å²) in [4.78, 5) is 15.7.